The second-order valence-electron chi connectivity index (χ2n) is 5.91. The van der Waals surface area contributed by atoms with Gasteiger partial charge in [-0.1, -0.05) is 19.9 Å². The molecule has 0 aromatic carbocycles. The van der Waals surface area contributed by atoms with E-state index >= 15 is 0 Å². The van der Waals surface area contributed by atoms with Crippen molar-refractivity contribution in [3.05, 3.63) is 24.4 Å². The Kier molecular flexibility index (Phi) is 6.38. The molecule has 1 saturated heterocycles. The molecule has 126 valence electrons. The summed E-state index contributed by atoms with van der Waals surface area (Å²) in [5.41, 5.74) is 0. The van der Waals surface area contributed by atoms with Crippen molar-refractivity contribution in [2.75, 3.05) is 37.6 Å². The zero-order valence-corrected chi connectivity index (χ0v) is 14.0. The third kappa shape index (κ3) is 4.94. The van der Waals surface area contributed by atoms with Crippen molar-refractivity contribution in [2.45, 2.75) is 26.7 Å². The van der Waals surface area contributed by atoms with Crippen LogP contribution >= 0.6 is 0 Å². The Bertz CT molecular complexity index is 513. The topological polar surface area (TPSA) is 65.5 Å². The number of carbonyl (C=O) groups excluding carboxylic acids is 2. The maximum Gasteiger partial charge on any atom is 0.224 e. The summed E-state index contributed by atoms with van der Waals surface area (Å²) >= 11 is 0. The zero-order chi connectivity index (χ0) is 16.7. The number of hydrogen-bond donors (Lipinski definition) is 1. The molecule has 1 N–H and O–H groups in total. The van der Waals surface area contributed by atoms with Gasteiger partial charge >= 0.3 is 0 Å². The SMILES string of the molecule is CCC(C)C(=O)NCCC(=O)N1CCN(c2ccccn2)CC1. The van der Waals surface area contributed by atoms with Crippen molar-refractivity contribution in [1.29, 1.82) is 0 Å². The van der Waals surface area contributed by atoms with Crippen LogP contribution < -0.4 is 10.2 Å². The third-order valence-corrected chi connectivity index (χ3v) is 4.30. The van der Waals surface area contributed by atoms with E-state index in [1.54, 1.807) is 6.20 Å². The molecule has 1 aromatic heterocycles. The minimum absolute atomic E-state index is 0.00650. The quantitative estimate of drug-likeness (QED) is 0.858. The number of hydrogen-bond acceptors (Lipinski definition) is 4. The number of nitrogens with one attached hydrogen (secondary N) is 1. The summed E-state index contributed by atoms with van der Waals surface area (Å²) < 4.78 is 0. The molecule has 1 aliphatic rings. The number of anilines is 1. The van der Waals surface area contributed by atoms with Gasteiger partial charge in [0.25, 0.3) is 0 Å². The van der Waals surface area contributed by atoms with Crippen LogP contribution in [0.25, 0.3) is 0 Å². The molecule has 0 saturated carbocycles. The van der Waals surface area contributed by atoms with Gasteiger partial charge in [-0.15, -0.1) is 0 Å². The van der Waals surface area contributed by atoms with Gasteiger partial charge in [0.1, 0.15) is 5.82 Å². The highest BCUT2D eigenvalue weighted by Crippen LogP contribution is 2.12. The first kappa shape index (κ1) is 17.2. The molecule has 0 bridgehead atoms. The lowest BCUT2D eigenvalue weighted by atomic mass is 10.1. The minimum atomic E-state index is 0.00650. The summed E-state index contributed by atoms with van der Waals surface area (Å²) in [6, 6.07) is 5.86. The molecule has 2 rings (SSSR count). The van der Waals surface area contributed by atoms with Crippen molar-refractivity contribution in [3.63, 3.8) is 0 Å². The predicted octanol–water partition coefficient (Wildman–Crippen LogP) is 1.28. The van der Waals surface area contributed by atoms with Crippen LogP contribution in [0.1, 0.15) is 26.7 Å². The summed E-state index contributed by atoms with van der Waals surface area (Å²) in [6.07, 6.45) is 2.97. The van der Waals surface area contributed by atoms with Gasteiger partial charge in [-0.25, -0.2) is 4.98 Å². The van der Waals surface area contributed by atoms with E-state index in [2.05, 4.69) is 15.2 Å². The van der Waals surface area contributed by atoms with Crippen LogP contribution in [-0.2, 0) is 9.59 Å². The standard InChI is InChI=1S/C17H26N4O2/c1-3-14(2)17(23)19-9-7-16(22)21-12-10-20(11-13-21)15-6-4-5-8-18-15/h4-6,8,14H,3,7,9-13H2,1-2H3,(H,19,23). The fourth-order valence-electron chi connectivity index (χ4n) is 2.54. The van der Waals surface area contributed by atoms with E-state index in [-0.39, 0.29) is 17.7 Å². The van der Waals surface area contributed by atoms with Gasteiger partial charge in [-0.3, -0.25) is 9.59 Å². The molecule has 0 spiro atoms. The van der Waals surface area contributed by atoms with E-state index in [1.807, 2.05) is 36.9 Å². The molecule has 1 aliphatic heterocycles. The van der Waals surface area contributed by atoms with Crippen LogP contribution in [-0.4, -0.2) is 54.4 Å². The second kappa shape index (κ2) is 8.50. The highest BCUT2D eigenvalue weighted by molar-refractivity contribution is 5.80. The normalized spacial score (nSPS) is 16.1. The Balaban J connectivity index is 1.70. The number of amides is 2. The number of rotatable bonds is 6. The van der Waals surface area contributed by atoms with E-state index in [4.69, 9.17) is 0 Å². The first-order valence-electron chi connectivity index (χ1n) is 8.33. The van der Waals surface area contributed by atoms with E-state index in [0.717, 1.165) is 25.3 Å². The highest BCUT2D eigenvalue weighted by atomic mass is 16.2. The van der Waals surface area contributed by atoms with E-state index < -0.39 is 0 Å². The maximum absolute atomic E-state index is 12.2. The Labute approximate surface area is 137 Å². The molecule has 1 atom stereocenters. The van der Waals surface area contributed by atoms with Gasteiger partial charge in [0.15, 0.2) is 0 Å². The summed E-state index contributed by atoms with van der Waals surface area (Å²) in [5, 5.41) is 2.83. The number of nitrogens with zero attached hydrogens (tertiary/aromatic N) is 3. The molecular formula is C17H26N4O2. The monoisotopic (exact) mass is 318 g/mol. The molecule has 0 aliphatic carbocycles. The van der Waals surface area contributed by atoms with E-state index in [0.29, 0.717) is 26.1 Å². The van der Waals surface area contributed by atoms with Crippen molar-refractivity contribution in [3.8, 4) is 0 Å². The fourth-order valence-corrected chi connectivity index (χ4v) is 2.54. The minimum Gasteiger partial charge on any atom is -0.355 e. The molecule has 1 unspecified atom stereocenters. The van der Waals surface area contributed by atoms with Crippen molar-refractivity contribution >= 4 is 17.6 Å². The predicted molar refractivity (Wildman–Crippen MR) is 90.1 cm³/mol. The molecule has 1 aromatic rings. The van der Waals surface area contributed by atoms with Crippen LogP contribution in [0.2, 0.25) is 0 Å². The Morgan fingerprint density at radius 1 is 1.26 bits per heavy atom. The summed E-state index contributed by atoms with van der Waals surface area (Å²) in [4.78, 5) is 32.3. The lowest BCUT2D eigenvalue weighted by molar-refractivity contribution is -0.131. The van der Waals surface area contributed by atoms with Crippen molar-refractivity contribution in [1.82, 2.24) is 15.2 Å². The molecule has 1 fully saturated rings. The van der Waals surface area contributed by atoms with Gasteiger partial charge in [0, 0.05) is 51.3 Å². The van der Waals surface area contributed by atoms with Gasteiger partial charge < -0.3 is 15.1 Å². The smallest absolute Gasteiger partial charge is 0.224 e. The van der Waals surface area contributed by atoms with Gasteiger partial charge in [0.05, 0.1) is 0 Å². The van der Waals surface area contributed by atoms with Crippen LogP contribution in [0.3, 0.4) is 0 Å². The Morgan fingerprint density at radius 3 is 2.61 bits per heavy atom. The van der Waals surface area contributed by atoms with Crippen LogP contribution in [0.4, 0.5) is 5.82 Å². The zero-order valence-electron chi connectivity index (χ0n) is 14.0. The largest absolute Gasteiger partial charge is 0.355 e. The Morgan fingerprint density at radius 2 is 2.00 bits per heavy atom. The first-order valence-corrected chi connectivity index (χ1v) is 8.33. The number of carbonyl (C=O) groups is 2. The second-order valence-corrected chi connectivity index (χ2v) is 5.91. The number of pyridine rings is 1. The molecule has 6 heteroatoms. The Hall–Kier alpha value is -2.11. The maximum atomic E-state index is 12.2. The lowest BCUT2D eigenvalue weighted by Gasteiger charge is -2.35. The summed E-state index contributed by atoms with van der Waals surface area (Å²) in [5.74, 6) is 1.10. The van der Waals surface area contributed by atoms with Gasteiger partial charge in [-0.2, -0.15) is 0 Å². The van der Waals surface area contributed by atoms with Crippen LogP contribution in [0.15, 0.2) is 24.4 Å². The van der Waals surface area contributed by atoms with Gasteiger partial charge in [0.2, 0.25) is 11.8 Å². The average molecular weight is 318 g/mol. The highest BCUT2D eigenvalue weighted by Gasteiger charge is 2.21. The van der Waals surface area contributed by atoms with Crippen molar-refractivity contribution in [2.24, 2.45) is 5.92 Å². The van der Waals surface area contributed by atoms with Crippen LogP contribution in [0.5, 0.6) is 0 Å². The molecule has 2 heterocycles. The van der Waals surface area contributed by atoms with Crippen molar-refractivity contribution < 1.29 is 9.59 Å². The molecule has 6 nitrogen and oxygen atoms in total. The van der Waals surface area contributed by atoms with E-state index in [9.17, 15) is 9.59 Å². The fraction of sp³-hybridized carbons (Fsp3) is 0.588. The van der Waals surface area contributed by atoms with Crippen LogP contribution in [0, 0.1) is 5.92 Å². The third-order valence-electron chi connectivity index (χ3n) is 4.30. The van der Waals surface area contributed by atoms with E-state index in [1.165, 1.54) is 0 Å². The first-order chi connectivity index (χ1) is 11.1. The number of aromatic nitrogens is 1. The summed E-state index contributed by atoms with van der Waals surface area (Å²) in [7, 11) is 0. The average Bonchev–Trinajstić information content (AvgIpc) is 2.61. The summed E-state index contributed by atoms with van der Waals surface area (Å²) in [6.45, 7) is 7.29. The molecule has 23 heavy (non-hydrogen) atoms. The molecular weight excluding hydrogens is 292 g/mol. The number of piperazine rings is 1. The molecule has 0 radical (unpaired) electrons. The van der Waals surface area contributed by atoms with Gasteiger partial charge in [-0.05, 0) is 18.6 Å². The lowest BCUT2D eigenvalue weighted by Crippen LogP contribution is -2.49. The molecule has 2 amide bonds.